The lowest BCUT2D eigenvalue weighted by atomic mass is 10.0. The molecule has 1 atom stereocenters. The second-order valence-electron chi connectivity index (χ2n) is 8.48. The summed E-state index contributed by atoms with van der Waals surface area (Å²) >= 11 is 6.08. The molecular formula is C28H31ClF2N2O2. The van der Waals surface area contributed by atoms with E-state index >= 15 is 0 Å². The maximum Gasteiger partial charge on any atom is 0.258 e. The Morgan fingerprint density at radius 1 is 1.06 bits per heavy atom. The minimum absolute atomic E-state index is 0.172. The maximum atomic E-state index is 13.7. The lowest BCUT2D eigenvalue weighted by molar-refractivity contribution is -0.125. The number of amides is 1. The zero-order chi connectivity index (χ0) is 25.0. The summed E-state index contributed by atoms with van der Waals surface area (Å²) in [5.41, 5.74) is 2.94. The highest BCUT2D eigenvalue weighted by Crippen LogP contribution is 2.19. The lowest BCUT2D eigenvalue weighted by Gasteiger charge is -2.20. The smallest absolute Gasteiger partial charge is 0.258 e. The number of halogens is 3. The molecule has 7 heteroatoms. The van der Waals surface area contributed by atoms with Crippen LogP contribution in [0.5, 0.6) is 0 Å². The molecular weight excluding hydrogens is 470 g/mol. The third kappa shape index (κ3) is 9.67. The van der Waals surface area contributed by atoms with Gasteiger partial charge in [0.2, 0.25) is 0 Å². The van der Waals surface area contributed by atoms with Gasteiger partial charge in [0.05, 0.1) is 0 Å². The summed E-state index contributed by atoms with van der Waals surface area (Å²) in [4.78, 5) is 12.6. The standard InChI is InChI=1S/C28H31ClF2N2O2/c1-2-20-6-5-7-21(12-20)18-32-11-10-26(15-22-13-24(30)17-25(31)14-22)33-28(34)19-35-27-9-4-3-8-23(29)16-27/h3-9,12-14,17,26,32H,2,10-11,15-16,18-19H2,1H3,(H,33,34)/t26-/m1/s1. The molecule has 1 amide bonds. The number of carbonyl (C=O) groups excluding carboxylic acids is 1. The number of ether oxygens (including phenoxy) is 1. The highest BCUT2D eigenvalue weighted by molar-refractivity contribution is 6.29. The monoisotopic (exact) mass is 500 g/mol. The minimum atomic E-state index is -0.638. The largest absolute Gasteiger partial charge is 0.488 e. The molecule has 0 fully saturated rings. The average Bonchev–Trinajstić information content (AvgIpc) is 3.03. The summed E-state index contributed by atoms with van der Waals surface area (Å²) in [6.07, 6.45) is 9.41. The van der Waals surface area contributed by atoms with Crippen LogP contribution in [0.25, 0.3) is 0 Å². The van der Waals surface area contributed by atoms with Crippen molar-refractivity contribution >= 4 is 17.5 Å². The second-order valence-corrected chi connectivity index (χ2v) is 8.97. The van der Waals surface area contributed by atoms with E-state index in [-0.39, 0.29) is 18.6 Å². The van der Waals surface area contributed by atoms with Gasteiger partial charge in [0.1, 0.15) is 17.4 Å². The zero-order valence-electron chi connectivity index (χ0n) is 19.8. The second kappa shape index (κ2) is 13.8. The Balaban J connectivity index is 1.56. The molecule has 0 radical (unpaired) electrons. The average molecular weight is 501 g/mol. The molecule has 0 aromatic heterocycles. The SMILES string of the molecule is CCc1cccc(CNCC[C@H](Cc2cc(F)cc(F)c2)NC(=O)COC2=CC=CC=C(Cl)C2)c1. The summed E-state index contributed by atoms with van der Waals surface area (Å²) in [5, 5.41) is 6.96. The Kier molecular flexibility index (Phi) is 10.5. The van der Waals surface area contributed by atoms with Crippen molar-refractivity contribution in [3.63, 3.8) is 0 Å². The van der Waals surface area contributed by atoms with Crippen LogP contribution in [0.1, 0.15) is 36.5 Å². The topological polar surface area (TPSA) is 50.4 Å². The van der Waals surface area contributed by atoms with E-state index in [1.807, 2.05) is 6.07 Å². The molecule has 0 aliphatic heterocycles. The van der Waals surface area contributed by atoms with Crippen molar-refractivity contribution in [1.29, 1.82) is 0 Å². The number of rotatable bonds is 12. The molecule has 186 valence electrons. The Morgan fingerprint density at radius 2 is 1.80 bits per heavy atom. The molecule has 0 unspecified atom stereocenters. The van der Waals surface area contributed by atoms with Gasteiger partial charge in [0.25, 0.3) is 5.91 Å². The third-order valence-corrected chi connectivity index (χ3v) is 5.83. The van der Waals surface area contributed by atoms with Gasteiger partial charge in [-0.15, -0.1) is 0 Å². The lowest BCUT2D eigenvalue weighted by Crippen LogP contribution is -2.40. The molecule has 3 rings (SSSR count). The number of allylic oxidation sites excluding steroid dienone is 5. The Labute approximate surface area is 210 Å². The molecule has 0 bridgehead atoms. The van der Waals surface area contributed by atoms with Gasteiger partial charge in [-0.05, 0) is 66.8 Å². The first-order valence-corrected chi connectivity index (χ1v) is 12.2. The fourth-order valence-electron chi connectivity index (χ4n) is 3.84. The van der Waals surface area contributed by atoms with Crippen molar-refractivity contribution < 1.29 is 18.3 Å². The first-order chi connectivity index (χ1) is 16.9. The van der Waals surface area contributed by atoms with Crippen LogP contribution in [0, 0.1) is 11.6 Å². The van der Waals surface area contributed by atoms with E-state index in [0.717, 1.165) is 12.5 Å². The third-order valence-electron chi connectivity index (χ3n) is 5.57. The minimum Gasteiger partial charge on any atom is -0.488 e. The predicted octanol–water partition coefficient (Wildman–Crippen LogP) is 5.72. The molecule has 2 N–H and O–H groups in total. The van der Waals surface area contributed by atoms with Crippen LogP contribution in [0.15, 0.2) is 77.6 Å². The fourth-order valence-corrected chi connectivity index (χ4v) is 4.05. The van der Waals surface area contributed by atoms with Crippen molar-refractivity contribution in [2.45, 2.75) is 45.2 Å². The van der Waals surface area contributed by atoms with Crippen LogP contribution in [-0.4, -0.2) is 25.1 Å². The highest BCUT2D eigenvalue weighted by atomic mass is 35.5. The van der Waals surface area contributed by atoms with Gasteiger partial charge in [0, 0.05) is 30.1 Å². The van der Waals surface area contributed by atoms with E-state index < -0.39 is 11.6 Å². The number of nitrogens with one attached hydrogen (secondary N) is 2. The molecule has 35 heavy (non-hydrogen) atoms. The molecule has 4 nitrogen and oxygen atoms in total. The van der Waals surface area contributed by atoms with Crippen molar-refractivity contribution in [2.24, 2.45) is 0 Å². The quantitative estimate of drug-likeness (QED) is 0.367. The Morgan fingerprint density at radius 3 is 2.57 bits per heavy atom. The molecule has 0 spiro atoms. The molecule has 0 saturated heterocycles. The molecule has 1 aliphatic carbocycles. The number of carbonyl (C=O) groups is 1. The molecule has 0 saturated carbocycles. The molecule has 1 aliphatic rings. The van der Waals surface area contributed by atoms with Crippen LogP contribution >= 0.6 is 11.6 Å². The van der Waals surface area contributed by atoms with Crippen LogP contribution < -0.4 is 10.6 Å². The number of hydrogen-bond donors (Lipinski definition) is 2. The van der Waals surface area contributed by atoms with E-state index in [9.17, 15) is 13.6 Å². The predicted molar refractivity (Wildman–Crippen MR) is 136 cm³/mol. The Hall–Kier alpha value is -2.96. The number of aryl methyl sites for hydroxylation is 1. The summed E-state index contributed by atoms with van der Waals surface area (Å²) in [6.45, 7) is 3.26. The first kappa shape index (κ1) is 26.6. The summed E-state index contributed by atoms with van der Waals surface area (Å²) in [6, 6.07) is 11.5. The molecule has 2 aromatic carbocycles. The van der Waals surface area contributed by atoms with E-state index in [0.29, 0.717) is 48.7 Å². The van der Waals surface area contributed by atoms with Crippen LogP contribution in [0.3, 0.4) is 0 Å². The van der Waals surface area contributed by atoms with Crippen molar-refractivity contribution in [3.8, 4) is 0 Å². The van der Waals surface area contributed by atoms with Crippen molar-refractivity contribution in [1.82, 2.24) is 10.6 Å². The van der Waals surface area contributed by atoms with Gasteiger partial charge in [-0.25, -0.2) is 8.78 Å². The van der Waals surface area contributed by atoms with Crippen LogP contribution in [0.2, 0.25) is 0 Å². The summed E-state index contributed by atoms with van der Waals surface area (Å²) in [7, 11) is 0. The van der Waals surface area contributed by atoms with E-state index in [2.05, 4.69) is 35.8 Å². The summed E-state index contributed by atoms with van der Waals surface area (Å²) in [5.74, 6) is -0.993. The van der Waals surface area contributed by atoms with Gasteiger partial charge in [-0.1, -0.05) is 54.9 Å². The van der Waals surface area contributed by atoms with Crippen molar-refractivity contribution in [2.75, 3.05) is 13.2 Å². The number of benzene rings is 2. The Bertz CT molecular complexity index is 1080. The number of hydrogen-bond acceptors (Lipinski definition) is 3. The molecule has 2 aromatic rings. The highest BCUT2D eigenvalue weighted by Gasteiger charge is 2.16. The van der Waals surface area contributed by atoms with E-state index in [1.54, 1.807) is 24.3 Å². The van der Waals surface area contributed by atoms with Crippen LogP contribution in [0.4, 0.5) is 8.78 Å². The molecule has 0 heterocycles. The normalized spacial score (nSPS) is 14.1. The summed E-state index contributed by atoms with van der Waals surface area (Å²) < 4.78 is 33.0. The van der Waals surface area contributed by atoms with E-state index in [1.165, 1.54) is 23.3 Å². The fraction of sp³-hybridized carbons (Fsp3) is 0.321. The first-order valence-electron chi connectivity index (χ1n) is 11.8. The van der Waals surface area contributed by atoms with Gasteiger partial charge >= 0.3 is 0 Å². The van der Waals surface area contributed by atoms with E-state index in [4.69, 9.17) is 16.3 Å². The zero-order valence-corrected chi connectivity index (χ0v) is 20.6. The van der Waals surface area contributed by atoms with Gasteiger partial charge in [-0.3, -0.25) is 4.79 Å². The maximum absolute atomic E-state index is 13.7. The van der Waals surface area contributed by atoms with Crippen molar-refractivity contribution in [3.05, 3.63) is 106 Å². The van der Waals surface area contributed by atoms with Gasteiger partial charge < -0.3 is 15.4 Å². The van der Waals surface area contributed by atoms with Gasteiger partial charge in [-0.2, -0.15) is 0 Å². The van der Waals surface area contributed by atoms with Gasteiger partial charge in [0.15, 0.2) is 6.61 Å². The van der Waals surface area contributed by atoms with Crippen LogP contribution in [-0.2, 0) is 28.9 Å².